The molecule has 0 saturated carbocycles. The molecule has 1 aliphatic rings. The van der Waals surface area contributed by atoms with Crippen LogP contribution in [0.4, 0.5) is 0 Å². The zero-order chi connectivity index (χ0) is 20.5. The summed E-state index contributed by atoms with van der Waals surface area (Å²) < 4.78 is 10.4. The zero-order valence-electron chi connectivity index (χ0n) is 17.5. The van der Waals surface area contributed by atoms with E-state index in [9.17, 15) is 4.79 Å². The highest BCUT2D eigenvalue weighted by molar-refractivity contribution is 5.76. The Bertz CT molecular complexity index is 751. The number of nitrogens with one attached hydrogen (secondary N) is 1. The molecule has 1 fully saturated rings. The fraction of sp³-hybridized carbons (Fsp3) is 0.458. The van der Waals surface area contributed by atoms with Crippen LogP contribution in [0.5, 0.6) is 11.5 Å². The number of piperidine rings is 1. The summed E-state index contributed by atoms with van der Waals surface area (Å²) in [7, 11) is 3.35. The van der Waals surface area contributed by atoms with Crippen molar-refractivity contribution in [2.24, 2.45) is 5.92 Å². The number of hydrogen-bond donors (Lipinski definition) is 1. The molecular formula is C24H32N2O3. The van der Waals surface area contributed by atoms with Gasteiger partial charge in [-0.15, -0.1) is 0 Å². The van der Waals surface area contributed by atoms with Gasteiger partial charge in [0.15, 0.2) is 0 Å². The molecule has 0 atom stereocenters. The first-order chi connectivity index (χ1) is 14.2. The number of carbonyl (C=O) groups excluding carboxylic acids is 1. The van der Waals surface area contributed by atoms with Gasteiger partial charge in [0.05, 0.1) is 14.2 Å². The predicted octanol–water partition coefficient (Wildman–Crippen LogP) is 3.66. The molecule has 1 saturated heterocycles. The maximum atomic E-state index is 12.2. The third kappa shape index (κ3) is 6.79. The van der Waals surface area contributed by atoms with Gasteiger partial charge in [0, 0.05) is 19.5 Å². The number of carbonyl (C=O) groups is 1. The van der Waals surface area contributed by atoms with E-state index in [-0.39, 0.29) is 5.91 Å². The zero-order valence-corrected chi connectivity index (χ0v) is 17.5. The molecule has 1 amide bonds. The minimum atomic E-state index is 0.140. The molecular weight excluding hydrogens is 364 g/mol. The van der Waals surface area contributed by atoms with Crippen LogP contribution in [-0.2, 0) is 17.8 Å². The third-order valence-electron chi connectivity index (χ3n) is 5.66. The van der Waals surface area contributed by atoms with Crippen molar-refractivity contribution in [3.8, 4) is 11.5 Å². The molecule has 0 aromatic heterocycles. The molecule has 1 N–H and O–H groups in total. The van der Waals surface area contributed by atoms with Crippen LogP contribution >= 0.6 is 0 Å². The Labute approximate surface area is 174 Å². The summed E-state index contributed by atoms with van der Waals surface area (Å²) in [5, 5.41) is 3.13. The molecule has 0 aliphatic carbocycles. The van der Waals surface area contributed by atoms with Gasteiger partial charge in [0.25, 0.3) is 0 Å². The summed E-state index contributed by atoms with van der Waals surface area (Å²) in [6.07, 6.45) is 3.56. The fourth-order valence-electron chi connectivity index (χ4n) is 3.73. The van der Waals surface area contributed by atoms with Crippen LogP contribution < -0.4 is 14.8 Å². The monoisotopic (exact) mass is 396 g/mol. The summed E-state index contributed by atoms with van der Waals surface area (Å²) in [5.74, 6) is 2.46. The lowest BCUT2D eigenvalue weighted by molar-refractivity contribution is -0.121. The van der Waals surface area contributed by atoms with Crippen molar-refractivity contribution in [3.63, 3.8) is 0 Å². The molecule has 29 heavy (non-hydrogen) atoms. The molecule has 0 spiro atoms. The van der Waals surface area contributed by atoms with Crippen LogP contribution in [0, 0.1) is 5.92 Å². The number of ether oxygens (including phenoxy) is 2. The number of rotatable bonds is 9. The summed E-state index contributed by atoms with van der Waals surface area (Å²) in [6.45, 7) is 3.93. The molecule has 5 heteroatoms. The normalized spacial score (nSPS) is 15.1. The number of amides is 1. The first-order valence-electron chi connectivity index (χ1n) is 10.4. The molecule has 3 rings (SSSR count). The average Bonchev–Trinajstić information content (AvgIpc) is 2.78. The van der Waals surface area contributed by atoms with Gasteiger partial charge in [-0.3, -0.25) is 9.69 Å². The number of methoxy groups -OCH3 is 2. The highest BCUT2D eigenvalue weighted by Gasteiger charge is 2.19. The lowest BCUT2D eigenvalue weighted by Crippen LogP contribution is -2.38. The highest BCUT2D eigenvalue weighted by Crippen LogP contribution is 2.20. The Balaban J connectivity index is 1.32. The van der Waals surface area contributed by atoms with E-state index in [1.807, 2.05) is 36.4 Å². The number of hydrogen-bond acceptors (Lipinski definition) is 4. The molecule has 1 aliphatic heterocycles. The minimum absolute atomic E-state index is 0.140. The maximum absolute atomic E-state index is 12.2. The molecule has 5 nitrogen and oxygen atoms in total. The first kappa shape index (κ1) is 21.2. The van der Waals surface area contributed by atoms with Gasteiger partial charge >= 0.3 is 0 Å². The van der Waals surface area contributed by atoms with Gasteiger partial charge < -0.3 is 14.8 Å². The van der Waals surface area contributed by atoms with Crippen LogP contribution in [-0.4, -0.2) is 44.7 Å². The third-order valence-corrected chi connectivity index (χ3v) is 5.66. The largest absolute Gasteiger partial charge is 0.497 e. The topological polar surface area (TPSA) is 50.8 Å². The minimum Gasteiger partial charge on any atom is -0.497 e. The molecule has 0 bridgehead atoms. The molecule has 2 aromatic carbocycles. The van der Waals surface area contributed by atoms with Crippen molar-refractivity contribution >= 4 is 5.91 Å². The van der Waals surface area contributed by atoms with Gasteiger partial charge in [0.1, 0.15) is 11.5 Å². The van der Waals surface area contributed by atoms with Crippen molar-refractivity contribution in [1.82, 2.24) is 10.2 Å². The number of aryl methyl sites for hydroxylation is 1. The summed E-state index contributed by atoms with van der Waals surface area (Å²) >= 11 is 0. The highest BCUT2D eigenvalue weighted by atomic mass is 16.5. The summed E-state index contributed by atoms with van der Waals surface area (Å²) in [6, 6.07) is 16.2. The Morgan fingerprint density at radius 2 is 1.48 bits per heavy atom. The Kier molecular flexibility index (Phi) is 7.94. The van der Waals surface area contributed by atoms with Gasteiger partial charge in [-0.05, 0) is 73.7 Å². The van der Waals surface area contributed by atoms with E-state index in [4.69, 9.17) is 9.47 Å². The number of likely N-dealkylation sites (tertiary alicyclic amines) is 1. The van der Waals surface area contributed by atoms with E-state index in [1.165, 1.54) is 5.56 Å². The quantitative estimate of drug-likeness (QED) is 0.703. The van der Waals surface area contributed by atoms with Crippen molar-refractivity contribution in [1.29, 1.82) is 0 Å². The van der Waals surface area contributed by atoms with Gasteiger partial charge in [-0.2, -0.15) is 0 Å². The van der Waals surface area contributed by atoms with E-state index in [1.54, 1.807) is 14.2 Å². The van der Waals surface area contributed by atoms with Crippen molar-refractivity contribution in [2.75, 3.05) is 33.9 Å². The summed E-state index contributed by atoms with van der Waals surface area (Å²) in [4.78, 5) is 14.7. The molecule has 0 radical (unpaired) electrons. The lowest BCUT2D eigenvalue weighted by atomic mass is 9.96. The summed E-state index contributed by atoms with van der Waals surface area (Å²) in [5.41, 5.74) is 2.48. The Morgan fingerprint density at radius 3 is 2.03 bits per heavy atom. The van der Waals surface area contributed by atoms with E-state index >= 15 is 0 Å². The van der Waals surface area contributed by atoms with E-state index < -0.39 is 0 Å². The second kappa shape index (κ2) is 10.9. The van der Waals surface area contributed by atoms with Crippen LogP contribution in [0.1, 0.15) is 30.4 Å². The fourth-order valence-corrected chi connectivity index (χ4v) is 3.73. The van der Waals surface area contributed by atoms with Crippen LogP contribution in [0.2, 0.25) is 0 Å². The standard InChI is InChI=1S/C24H32N2O3/c1-28-22-8-3-19(4-9-22)7-12-24(27)25-17-20-13-15-26(16-14-20)18-21-5-10-23(29-2)11-6-21/h3-6,8-11,20H,7,12-18H2,1-2H3,(H,25,27). The van der Waals surface area contributed by atoms with Gasteiger partial charge in [0.2, 0.25) is 5.91 Å². The van der Waals surface area contributed by atoms with E-state index in [0.717, 1.165) is 62.5 Å². The van der Waals surface area contributed by atoms with Crippen LogP contribution in [0.3, 0.4) is 0 Å². The first-order valence-corrected chi connectivity index (χ1v) is 10.4. The molecule has 2 aromatic rings. The van der Waals surface area contributed by atoms with Crippen LogP contribution in [0.15, 0.2) is 48.5 Å². The molecule has 156 valence electrons. The van der Waals surface area contributed by atoms with Crippen molar-refractivity contribution in [2.45, 2.75) is 32.2 Å². The van der Waals surface area contributed by atoms with Gasteiger partial charge in [-0.25, -0.2) is 0 Å². The van der Waals surface area contributed by atoms with E-state index in [2.05, 4.69) is 22.3 Å². The lowest BCUT2D eigenvalue weighted by Gasteiger charge is -2.32. The average molecular weight is 397 g/mol. The van der Waals surface area contributed by atoms with Crippen molar-refractivity contribution in [3.05, 3.63) is 59.7 Å². The second-order valence-corrected chi connectivity index (χ2v) is 7.72. The Morgan fingerprint density at radius 1 is 0.931 bits per heavy atom. The van der Waals surface area contributed by atoms with Crippen molar-refractivity contribution < 1.29 is 14.3 Å². The maximum Gasteiger partial charge on any atom is 0.220 e. The van der Waals surface area contributed by atoms with Gasteiger partial charge in [-0.1, -0.05) is 24.3 Å². The smallest absolute Gasteiger partial charge is 0.220 e. The number of nitrogens with zero attached hydrogens (tertiary/aromatic N) is 1. The predicted molar refractivity (Wildman–Crippen MR) is 115 cm³/mol. The molecule has 0 unspecified atom stereocenters. The second-order valence-electron chi connectivity index (χ2n) is 7.72. The Hall–Kier alpha value is -2.53. The van der Waals surface area contributed by atoms with E-state index in [0.29, 0.717) is 12.3 Å². The SMILES string of the molecule is COc1ccc(CCC(=O)NCC2CCN(Cc3ccc(OC)cc3)CC2)cc1. The van der Waals surface area contributed by atoms with Crippen LogP contribution in [0.25, 0.3) is 0 Å². The molecule has 1 heterocycles. The number of benzene rings is 2.